The molecule has 0 saturated carbocycles. The van der Waals surface area contributed by atoms with E-state index in [1.54, 1.807) is 0 Å². The summed E-state index contributed by atoms with van der Waals surface area (Å²) in [5, 5.41) is 0.633. The number of ketones is 1. The Morgan fingerprint density at radius 1 is 0.391 bits per heavy atom. The van der Waals surface area contributed by atoms with Crippen LogP contribution in [0.3, 0.4) is 0 Å². The van der Waals surface area contributed by atoms with Gasteiger partial charge in [-0.15, -0.1) is 21.9 Å². The monoisotopic (exact) mass is 1030 g/mol. The maximum Gasteiger partial charge on any atom is 0.243 e. The van der Waals surface area contributed by atoms with Gasteiger partial charge in [-0.2, -0.15) is 0 Å². The molecule has 0 spiro atoms. The van der Waals surface area contributed by atoms with E-state index in [0.717, 1.165) is 10.6 Å². The Hall–Kier alpha value is -6.69. The lowest BCUT2D eigenvalue weighted by atomic mass is 9.12. The van der Waals surface area contributed by atoms with E-state index < -0.39 is 156 Å². The van der Waals surface area contributed by atoms with E-state index in [-0.39, 0.29) is 11.5 Å². The minimum absolute atomic E-state index is 0.0508. The van der Waals surface area contributed by atoms with Crippen molar-refractivity contribution in [1.82, 2.24) is 0 Å². The van der Waals surface area contributed by atoms with Gasteiger partial charge in [0.1, 0.15) is 52.7 Å². The number of hydrogen-bond donors (Lipinski definition) is 0. The molecule has 1 atom stereocenters. The molecular formula is C44H16BClF20O2S. The Balaban J connectivity index is 0.000000273. The predicted octanol–water partition coefficient (Wildman–Crippen LogP) is 11.0. The number of rotatable bonds is 10. The number of carbonyl (C=O) groups excluding carboxylic acids is 1. The summed E-state index contributed by atoms with van der Waals surface area (Å²) in [6.07, 6.45) is -7.22. The second kappa shape index (κ2) is 20.1. The summed E-state index contributed by atoms with van der Waals surface area (Å²) in [6.45, 7) is 0. The molecule has 0 saturated heterocycles. The third kappa shape index (κ3) is 8.94. The van der Waals surface area contributed by atoms with Gasteiger partial charge in [0.25, 0.3) is 0 Å². The first-order valence-corrected chi connectivity index (χ1v) is 20.1. The van der Waals surface area contributed by atoms with Gasteiger partial charge in [-0.1, -0.05) is 66.2 Å². The van der Waals surface area contributed by atoms with Crippen molar-refractivity contribution in [3.8, 4) is 5.75 Å². The SMILES string of the molecule is Fc1c(F)c(F)c([B-](c2c(F)c(F)c(F)c(F)c2F)(c2c(F)c(F)c(F)c(F)c2F)c2c(F)c(F)c(F)c(F)c2F)c(F)c1F.O=C(C[S+](Oc1ccccc1)c1cccc(Cl)c1)c1ccccc1. The van der Waals surface area contributed by atoms with Crippen molar-refractivity contribution >= 4 is 56.6 Å². The predicted molar refractivity (Wildman–Crippen MR) is 209 cm³/mol. The number of carbonyl (C=O) groups is 1. The van der Waals surface area contributed by atoms with Crippen molar-refractivity contribution < 1.29 is 96.8 Å². The normalized spacial score (nSPS) is 11.9. The van der Waals surface area contributed by atoms with Crippen molar-refractivity contribution in [2.24, 2.45) is 0 Å². The highest BCUT2D eigenvalue weighted by atomic mass is 35.5. The van der Waals surface area contributed by atoms with Crippen LogP contribution in [0.1, 0.15) is 10.4 Å². The molecule has 0 amide bonds. The van der Waals surface area contributed by atoms with Gasteiger partial charge in [0.2, 0.25) is 27.6 Å². The average molecular weight is 1030 g/mol. The van der Waals surface area contributed by atoms with Gasteiger partial charge in [-0.3, -0.25) is 8.98 Å². The fourth-order valence-corrected chi connectivity index (χ4v) is 8.88. The van der Waals surface area contributed by atoms with Crippen LogP contribution >= 0.6 is 11.6 Å². The largest absolute Gasteiger partial charge is 0.289 e. The van der Waals surface area contributed by atoms with Crippen LogP contribution in [-0.2, 0) is 11.2 Å². The zero-order valence-electron chi connectivity index (χ0n) is 33.0. The molecule has 2 nitrogen and oxygen atoms in total. The Kier molecular flexibility index (Phi) is 15.1. The third-order valence-corrected chi connectivity index (χ3v) is 12.0. The highest BCUT2D eigenvalue weighted by Gasteiger charge is 2.52. The van der Waals surface area contributed by atoms with Gasteiger partial charge in [-0.05, 0) is 24.3 Å². The van der Waals surface area contributed by atoms with Crippen molar-refractivity contribution in [2.45, 2.75) is 4.90 Å². The van der Waals surface area contributed by atoms with Crippen molar-refractivity contribution in [1.29, 1.82) is 0 Å². The van der Waals surface area contributed by atoms with E-state index in [0.29, 0.717) is 10.6 Å². The molecule has 0 bridgehead atoms. The van der Waals surface area contributed by atoms with Gasteiger partial charge < -0.3 is 0 Å². The molecule has 0 heterocycles. The summed E-state index contributed by atoms with van der Waals surface area (Å²) in [5.41, 5.74) is -13.6. The van der Waals surface area contributed by atoms with E-state index in [1.165, 1.54) is 0 Å². The lowest BCUT2D eigenvalue weighted by Gasteiger charge is -2.44. The Labute approximate surface area is 380 Å². The Bertz CT molecular complexity index is 2780. The highest BCUT2D eigenvalue weighted by molar-refractivity contribution is 7.93. The van der Waals surface area contributed by atoms with Crippen molar-refractivity contribution in [3.63, 3.8) is 0 Å². The van der Waals surface area contributed by atoms with Crippen LogP contribution in [0.4, 0.5) is 87.8 Å². The van der Waals surface area contributed by atoms with Crippen LogP contribution in [0.25, 0.3) is 0 Å². The van der Waals surface area contributed by atoms with Gasteiger partial charge >= 0.3 is 0 Å². The van der Waals surface area contributed by atoms with Crippen LogP contribution in [-0.4, -0.2) is 17.7 Å². The molecule has 0 N–H and O–H groups in total. The molecular weight excluding hydrogens is 1020 g/mol. The second-order valence-corrected chi connectivity index (χ2v) is 16.0. The summed E-state index contributed by atoms with van der Waals surface area (Å²) in [6, 6.07) is 26.3. The highest BCUT2D eigenvalue weighted by Crippen LogP contribution is 2.31. The minimum Gasteiger partial charge on any atom is -0.289 e. The van der Waals surface area contributed by atoms with Gasteiger partial charge in [0, 0.05) is 16.7 Å². The third-order valence-electron chi connectivity index (χ3n) is 10.1. The summed E-state index contributed by atoms with van der Waals surface area (Å²) < 4.78 is 300. The molecule has 0 aliphatic rings. The summed E-state index contributed by atoms with van der Waals surface area (Å²) in [5.74, 6) is -70.3. The lowest BCUT2D eigenvalue weighted by Crippen LogP contribution is -2.81. The van der Waals surface area contributed by atoms with Gasteiger partial charge in [-0.25, -0.2) is 87.8 Å². The van der Waals surface area contributed by atoms with Gasteiger partial charge in [0.05, 0.1) is 0 Å². The zero-order chi connectivity index (χ0) is 51.1. The first-order chi connectivity index (χ1) is 32.4. The number of para-hydroxylation sites is 1. The summed E-state index contributed by atoms with van der Waals surface area (Å²) in [7, 11) is 0. The van der Waals surface area contributed by atoms with Crippen LogP contribution < -0.4 is 26.0 Å². The van der Waals surface area contributed by atoms with Crippen molar-refractivity contribution in [3.05, 3.63) is 212 Å². The first kappa shape index (κ1) is 51.7. The second-order valence-electron chi connectivity index (χ2n) is 13.9. The zero-order valence-corrected chi connectivity index (χ0v) is 34.6. The van der Waals surface area contributed by atoms with E-state index in [4.69, 9.17) is 15.8 Å². The van der Waals surface area contributed by atoms with E-state index >= 15 is 35.1 Å². The van der Waals surface area contributed by atoms with E-state index in [9.17, 15) is 57.5 Å². The molecule has 69 heavy (non-hydrogen) atoms. The average Bonchev–Trinajstić information content (AvgIpc) is 3.34. The molecule has 25 heteroatoms. The fraction of sp³-hybridized carbons (Fsp3) is 0.0227. The van der Waals surface area contributed by atoms with Crippen LogP contribution in [0.5, 0.6) is 5.75 Å². The number of Topliss-reactive ketones (excluding diaryl/α,β-unsaturated/α-hetero) is 1. The standard InChI is InChI=1S/C24BF20.C20H16ClO2S/c26-5-1(6(27)14(35)21(42)13(5)34)25(2-7(28)15(36)22(43)16(37)8(2)29,3-9(30)17(38)23(44)18(39)10(3)31)4-11(32)19(40)24(45)20(41)12(4)33;21-17-10-7-13-19(14-17)24(23-18-11-5-2-6-12-18)15-20(22)16-8-3-1-4-9-16/h;1-14H,15H2/q-1;+1. The Morgan fingerprint density at radius 3 is 0.986 bits per heavy atom. The number of halogens is 21. The van der Waals surface area contributed by atoms with Crippen LogP contribution in [0.15, 0.2) is 89.8 Å². The number of hydrogen-bond acceptors (Lipinski definition) is 2. The molecule has 7 aromatic carbocycles. The maximum absolute atomic E-state index is 15.4. The van der Waals surface area contributed by atoms with E-state index in [1.807, 2.05) is 84.9 Å². The molecule has 1 unspecified atom stereocenters. The van der Waals surface area contributed by atoms with Crippen LogP contribution in [0, 0.1) is 116 Å². The molecule has 0 radical (unpaired) electrons. The molecule has 0 aromatic heterocycles. The van der Waals surface area contributed by atoms with Crippen LogP contribution in [0.2, 0.25) is 5.02 Å². The fourth-order valence-electron chi connectivity index (χ4n) is 7.06. The van der Waals surface area contributed by atoms with E-state index in [2.05, 4.69) is 0 Å². The minimum atomic E-state index is -7.22. The molecule has 0 fully saturated rings. The molecule has 7 rings (SSSR count). The molecule has 360 valence electrons. The molecule has 7 aromatic rings. The molecule has 0 aliphatic heterocycles. The van der Waals surface area contributed by atoms with Gasteiger partial charge in [0.15, 0.2) is 75.6 Å². The topological polar surface area (TPSA) is 26.3 Å². The smallest absolute Gasteiger partial charge is 0.243 e. The summed E-state index contributed by atoms with van der Waals surface area (Å²) in [4.78, 5) is 13.5. The molecule has 0 aliphatic carbocycles. The van der Waals surface area contributed by atoms with Crippen molar-refractivity contribution in [2.75, 3.05) is 5.75 Å². The summed E-state index contributed by atoms with van der Waals surface area (Å²) >= 11 is 5.40. The lowest BCUT2D eigenvalue weighted by molar-refractivity contribution is 0.102. The number of benzene rings is 7. The quantitative estimate of drug-likeness (QED) is 0.0341. The Morgan fingerprint density at radius 2 is 0.681 bits per heavy atom. The first-order valence-electron chi connectivity index (χ1n) is 18.4. The maximum atomic E-state index is 15.4.